The van der Waals surface area contributed by atoms with Gasteiger partial charge in [0, 0.05) is 11.3 Å². The van der Waals surface area contributed by atoms with Crippen LogP contribution in [0.25, 0.3) is 0 Å². The van der Waals surface area contributed by atoms with Crippen molar-refractivity contribution in [2.75, 3.05) is 0 Å². The number of aliphatic hydroxyl groups excluding tert-OH is 1. The number of amides is 1. The number of aliphatic hydroxyl groups is 1. The van der Waals surface area contributed by atoms with Crippen LogP contribution in [-0.4, -0.2) is 22.9 Å². The number of carbonyl (C=O) groups is 2. The van der Waals surface area contributed by atoms with Gasteiger partial charge >= 0.3 is 0 Å². The molecule has 1 unspecified atom stereocenters. The molecule has 0 spiro atoms. The highest BCUT2D eigenvalue weighted by Crippen LogP contribution is 2.75. The fourth-order valence-corrected chi connectivity index (χ4v) is 10.4. The van der Waals surface area contributed by atoms with Crippen LogP contribution in [0, 0.1) is 50.2 Å². The van der Waals surface area contributed by atoms with E-state index in [2.05, 4.69) is 47.6 Å². The maximum Gasteiger partial charge on any atom is 0.223 e. The highest BCUT2D eigenvalue weighted by molar-refractivity contribution is 5.95. The average molecular weight is 470 g/mol. The van der Waals surface area contributed by atoms with Gasteiger partial charge in [-0.25, -0.2) is 0 Å². The number of fused-ring (bicyclic) bond motifs is 7. The zero-order valence-corrected chi connectivity index (χ0v) is 22.6. The zero-order chi connectivity index (χ0) is 25.1. The Labute approximate surface area is 206 Å². The zero-order valence-electron chi connectivity index (χ0n) is 22.6. The molecule has 3 N–H and O–H groups in total. The van der Waals surface area contributed by atoms with Crippen LogP contribution >= 0.6 is 0 Å². The summed E-state index contributed by atoms with van der Waals surface area (Å²) in [6.07, 6.45) is 10.5. The summed E-state index contributed by atoms with van der Waals surface area (Å²) in [7, 11) is 0. The normalized spacial score (nSPS) is 54.1. The molecule has 4 heteroatoms. The van der Waals surface area contributed by atoms with Crippen molar-refractivity contribution in [3.8, 4) is 0 Å². The number of hydrogen-bond donors (Lipinski definition) is 2. The topological polar surface area (TPSA) is 80.4 Å². The van der Waals surface area contributed by atoms with Gasteiger partial charge in [0.05, 0.1) is 6.10 Å². The van der Waals surface area contributed by atoms with Crippen molar-refractivity contribution in [2.24, 2.45) is 56.0 Å². The molecule has 190 valence electrons. The highest BCUT2D eigenvalue weighted by atomic mass is 16.3. The Morgan fingerprint density at radius 1 is 0.941 bits per heavy atom. The summed E-state index contributed by atoms with van der Waals surface area (Å²) >= 11 is 0. The number of rotatable bonds is 1. The molecule has 4 fully saturated rings. The second-order valence-electron chi connectivity index (χ2n) is 15.0. The van der Waals surface area contributed by atoms with Crippen molar-refractivity contribution in [3.05, 3.63) is 11.6 Å². The molecule has 0 aromatic rings. The molecule has 5 aliphatic carbocycles. The summed E-state index contributed by atoms with van der Waals surface area (Å²) in [6.45, 7) is 16.1. The molecule has 9 atom stereocenters. The Balaban J connectivity index is 1.62. The molecule has 0 heterocycles. The number of ketones is 1. The first-order chi connectivity index (χ1) is 15.6. The summed E-state index contributed by atoms with van der Waals surface area (Å²) in [5.41, 5.74) is 6.49. The molecule has 34 heavy (non-hydrogen) atoms. The Morgan fingerprint density at radius 3 is 2.24 bits per heavy atom. The van der Waals surface area contributed by atoms with Gasteiger partial charge in [0.2, 0.25) is 5.91 Å². The second-order valence-corrected chi connectivity index (χ2v) is 15.0. The molecule has 0 radical (unpaired) electrons. The number of primary amides is 1. The Hall–Kier alpha value is -1.16. The first-order valence-corrected chi connectivity index (χ1v) is 13.8. The number of hydrogen-bond acceptors (Lipinski definition) is 3. The van der Waals surface area contributed by atoms with Gasteiger partial charge in [-0.3, -0.25) is 9.59 Å². The smallest absolute Gasteiger partial charge is 0.223 e. The largest absolute Gasteiger partial charge is 0.393 e. The molecule has 0 saturated heterocycles. The van der Waals surface area contributed by atoms with Gasteiger partial charge in [0.1, 0.15) is 0 Å². The summed E-state index contributed by atoms with van der Waals surface area (Å²) in [5.74, 6) is 0.713. The number of carbonyl (C=O) groups excluding carboxylic acids is 2. The molecule has 0 aromatic carbocycles. The lowest BCUT2D eigenvalue weighted by Crippen LogP contribution is -2.66. The summed E-state index contributed by atoms with van der Waals surface area (Å²) in [4.78, 5) is 26.7. The van der Waals surface area contributed by atoms with Crippen LogP contribution in [0.4, 0.5) is 0 Å². The Morgan fingerprint density at radius 2 is 1.59 bits per heavy atom. The number of nitrogens with two attached hydrogens (primary N) is 1. The minimum absolute atomic E-state index is 0.00487. The lowest BCUT2D eigenvalue weighted by Gasteiger charge is -2.70. The van der Waals surface area contributed by atoms with E-state index in [-0.39, 0.29) is 50.9 Å². The molecule has 4 nitrogen and oxygen atoms in total. The van der Waals surface area contributed by atoms with Crippen LogP contribution in [0.2, 0.25) is 0 Å². The standard InChI is InChI=1S/C30H47NO3/c1-25(2)21-8-11-30(7)23(28(21,5)10-9-22(25)33)20(32)16-18-19-17-27(4,24(31)34)13-12-26(19,3)14-15-29(18,30)6/h16,19,21-23,33H,8-15,17H2,1-7H3,(H2,31,34)/t19-,21?,22+,23-,26-,27+,28+,29-,30-/m1/s1. The second kappa shape index (κ2) is 6.99. The molecular formula is C30H47NO3. The average Bonchev–Trinajstić information content (AvgIpc) is 2.73. The summed E-state index contributed by atoms with van der Waals surface area (Å²) < 4.78 is 0. The van der Waals surface area contributed by atoms with Gasteiger partial charge in [-0.05, 0) is 103 Å². The fourth-order valence-electron chi connectivity index (χ4n) is 10.4. The van der Waals surface area contributed by atoms with Crippen LogP contribution in [0.5, 0.6) is 0 Å². The van der Waals surface area contributed by atoms with Crippen molar-refractivity contribution in [3.63, 3.8) is 0 Å². The quantitative estimate of drug-likeness (QED) is 0.508. The minimum Gasteiger partial charge on any atom is -0.393 e. The van der Waals surface area contributed by atoms with E-state index >= 15 is 0 Å². The predicted octanol–water partition coefficient (Wildman–Crippen LogP) is 5.81. The molecule has 0 aromatic heterocycles. The first kappa shape index (κ1) is 24.5. The predicted molar refractivity (Wildman–Crippen MR) is 135 cm³/mol. The molecule has 5 aliphatic rings. The van der Waals surface area contributed by atoms with Crippen LogP contribution < -0.4 is 5.73 Å². The lowest BCUT2D eigenvalue weighted by atomic mass is 9.33. The monoisotopic (exact) mass is 469 g/mol. The molecule has 1 amide bonds. The van der Waals surface area contributed by atoms with Crippen molar-refractivity contribution in [1.82, 2.24) is 0 Å². The third kappa shape index (κ3) is 2.81. The van der Waals surface area contributed by atoms with E-state index in [1.54, 1.807) is 0 Å². The van der Waals surface area contributed by atoms with Crippen molar-refractivity contribution in [1.29, 1.82) is 0 Å². The SMILES string of the molecule is CC1(C)C2CC[C@]3(C)[C@H](C(=O)C=C4[C@H]5C[C@@](C)(C(N)=O)CC[C@]5(C)CC[C@]43C)[C@@]2(C)CC[C@@H]1O. The third-order valence-electron chi connectivity index (χ3n) is 13.1. The van der Waals surface area contributed by atoms with Crippen LogP contribution in [0.15, 0.2) is 11.6 Å². The van der Waals surface area contributed by atoms with E-state index in [0.29, 0.717) is 11.7 Å². The van der Waals surface area contributed by atoms with Crippen molar-refractivity contribution < 1.29 is 14.7 Å². The highest BCUT2D eigenvalue weighted by Gasteiger charge is 2.70. The van der Waals surface area contributed by atoms with Crippen molar-refractivity contribution in [2.45, 2.75) is 112 Å². The van der Waals surface area contributed by atoms with Gasteiger partial charge < -0.3 is 10.8 Å². The summed E-state index contributed by atoms with van der Waals surface area (Å²) in [6, 6.07) is 0. The van der Waals surface area contributed by atoms with Gasteiger partial charge in [0.15, 0.2) is 5.78 Å². The van der Waals surface area contributed by atoms with Crippen molar-refractivity contribution >= 4 is 11.7 Å². The maximum atomic E-state index is 14.2. The Kier molecular flexibility index (Phi) is 5.04. The number of allylic oxidation sites excluding steroid dienone is 2. The Bertz CT molecular complexity index is 968. The van der Waals surface area contributed by atoms with E-state index in [4.69, 9.17) is 5.73 Å². The summed E-state index contributed by atoms with van der Waals surface area (Å²) in [5, 5.41) is 10.9. The minimum atomic E-state index is -0.489. The third-order valence-corrected chi connectivity index (χ3v) is 13.1. The van der Waals surface area contributed by atoms with Gasteiger partial charge in [-0.15, -0.1) is 0 Å². The maximum absolute atomic E-state index is 14.2. The first-order valence-electron chi connectivity index (χ1n) is 13.8. The van der Waals surface area contributed by atoms with Crippen LogP contribution in [-0.2, 0) is 9.59 Å². The van der Waals surface area contributed by atoms with E-state index < -0.39 is 5.41 Å². The molecule has 0 bridgehead atoms. The van der Waals surface area contributed by atoms with E-state index in [0.717, 1.165) is 57.8 Å². The van der Waals surface area contributed by atoms with Gasteiger partial charge in [0.25, 0.3) is 0 Å². The van der Waals surface area contributed by atoms with Gasteiger partial charge in [-0.1, -0.05) is 54.0 Å². The van der Waals surface area contributed by atoms with Crippen LogP contribution in [0.1, 0.15) is 106 Å². The van der Waals surface area contributed by atoms with Crippen LogP contribution in [0.3, 0.4) is 0 Å². The van der Waals surface area contributed by atoms with Gasteiger partial charge in [-0.2, -0.15) is 0 Å². The fraction of sp³-hybridized carbons (Fsp3) is 0.867. The molecular weight excluding hydrogens is 422 g/mol. The van der Waals surface area contributed by atoms with E-state index in [1.165, 1.54) is 5.57 Å². The van der Waals surface area contributed by atoms with E-state index in [1.807, 2.05) is 6.92 Å². The molecule has 4 saturated carbocycles. The molecule has 5 rings (SSSR count). The lowest BCUT2D eigenvalue weighted by molar-refractivity contribution is -0.202. The van der Waals surface area contributed by atoms with E-state index in [9.17, 15) is 14.7 Å². The molecule has 0 aliphatic heterocycles.